The van der Waals surface area contributed by atoms with Crippen LogP contribution in [0, 0.1) is 0 Å². The molecule has 30 heavy (non-hydrogen) atoms. The van der Waals surface area contributed by atoms with Gasteiger partial charge in [0.05, 0.1) is 13.8 Å². The zero-order valence-corrected chi connectivity index (χ0v) is 18.7. The van der Waals surface area contributed by atoms with E-state index in [2.05, 4.69) is 50.4 Å². The van der Waals surface area contributed by atoms with Crippen LogP contribution in [0.2, 0.25) is 0 Å². The summed E-state index contributed by atoms with van der Waals surface area (Å²) in [6, 6.07) is 15.3. The Morgan fingerprint density at radius 1 is 1.10 bits per heavy atom. The van der Waals surface area contributed by atoms with Gasteiger partial charge in [0.15, 0.2) is 0 Å². The summed E-state index contributed by atoms with van der Waals surface area (Å²) in [5, 5.41) is 2.85. The lowest BCUT2D eigenvalue weighted by molar-refractivity contribution is -0.132. The maximum absolute atomic E-state index is 13.2. The van der Waals surface area contributed by atoms with Crippen molar-refractivity contribution in [3.63, 3.8) is 0 Å². The minimum atomic E-state index is -1.11. The number of rotatable bonds is 6. The molecule has 0 saturated carbocycles. The predicted octanol–water partition coefficient (Wildman–Crippen LogP) is 3.85. The van der Waals surface area contributed by atoms with Gasteiger partial charge in [-0.15, -0.1) is 0 Å². The molecule has 0 aromatic heterocycles. The van der Waals surface area contributed by atoms with Gasteiger partial charge in [0.25, 0.3) is 5.91 Å². The molecule has 1 heterocycles. The van der Waals surface area contributed by atoms with E-state index in [1.54, 1.807) is 20.1 Å². The molecule has 0 unspecified atom stereocenters. The Bertz CT molecular complexity index is 933. The molecule has 6 nitrogen and oxygen atoms in total. The van der Waals surface area contributed by atoms with Gasteiger partial charge in [0.2, 0.25) is 0 Å². The highest BCUT2D eigenvalue weighted by molar-refractivity contribution is 6.07. The van der Waals surface area contributed by atoms with Crippen LogP contribution in [0.25, 0.3) is 0 Å². The van der Waals surface area contributed by atoms with E-state index >= 15 is 0 Å². The minimum Gasteiger partial charge on any atom is -0.497 e. The van der Waals surface area contributed by atoms with Crippen molar-refractivity contribution in [1.82, 2.24) is 15.1 Å². The zero-order valence-electron chi connectivity index (χ0n) is 18.7. The number of ether oxygens (including phenoxy) is 1. The van der Waals surface area contributed by atoms with Crippen LogP contribution < -0.4 is 10.1 Å². The zero-order chi connectivity index (χ0) is 22.1. The number of carbonyl (C=O) groups excluding carboxylic acids is 2. The third-order valence-corrected chi connectivity index (χ3v) is 5.58. The van der Waals surface area contributed by atoms with Crippen molar-refractivity contribution in [3.8, 4) is 5.75 Å². The van der Waals surface area contributed by atoms with Gasteiger partial charge in [-0.3, -0.25) is 9.69 Å². The molecule has 6 heteroatoms. The molecule has 0 bridgehead atoms. The molecule has 1 aliphatic heterocycles. The standard InChI is InChI=1S/C24H31N3O3/c1-23(2,3)18-12-10-17(11-13-18)15-26(5)16-27-21(28)24(4,25-22(27)29)19-8-7-9-20(14-19)30-6/h7-14H,15-16H2,1-6H3,(H,25,29)/t24-/m1/s1. The second-order valence-electron chi connectivity index (χ2n) is 9.12. The Labute approximate surface area is 178 Å². The second kappa shape index (κ2) is 8.11. The van der Waals surface area contributed by atoms with Crippen molar-refractivity contribution in [3.05, 3.63) is 65.2 Å². The average Bonchev–Trinajstić information content (AvgIpc) is 2.92. The smallest absolute Gasteiger partial charge is 0.326 e. The maximum atomic E-state index is 13.2. The number of imide groups is 1. The summed E-state index contributed by atoms with van der Waals surface area (Å²) in [5.41, 5.74) is 2.10. The third kappa shape index (κ3) is 4.33. The molecular weight excluding hydrogens is 378 g/mol. The molecule has 3 amide bonds. The first-order chi connectivity index (χ1) is 14.0. The third-order valence-electron chi connectivity index (χ3n) is 5.58. The van der Waals surface area contributed by atoms with E-state index in [-0.39, 0.29) is 24.0 Å². The molecule has 1 N–H and O–H groups in total. The molecule has 0 aliphatic carbocycles. The predicted molar refractivity (Wildman–Crippen MR) is 117 cm³/mol. The Morgan fingerprint density at radius 3 is 2.37 bits per heavy atom. The van der Waals surface area contributed by atoms with Gasteiger partial charge in [0, 0.05) is 6.54 Å². The first kappa shape index (κ1) is 21.8. The van der Waals surface area contributed by atoms with E-state index < -0.39 is 5.54 Å². The second-order valence-corrected chi connectivity index (χ2v) is 9.12. The van der Waals surface area contributed by atoms with Crippen LogP contribution in [0.1, 0.15) is 44.4 Å². The highest BCUT2D eigenvalue weighted by Crippen LogP contribution is 2.31. The van der Waals surface area contributed by atoms with Crippen molar-refractivity contribution in [2.75, 3.05) is 20.8 Å². The number of amides is 3. The van der Waals surface area contributed by atoms with Crippen LogP contribution in [0.5, 0.6) is 5.75 Å². The first-order valence-electron chi connectivity index (χ1n) is 10.1. The highest BCUT2D eigenvalue weighted by Gasteiger charge is 2.49. The van der Waals surface area contributed by atoms with E-state index in [1.165, 1.54) is 10.5 Å². The lowest BCUT2D eigenvalue weighted by Gasteiger charge is -2.25. The van der Waals surface area contributed by atoms with Gasteiger partial charge in [-0.05, 0) is 48.2 Å². The van der Waals surface area contributed by atoms with E-state index in [4.69, 9.17) is 4.74 Å². The topological polar surface area (TPSA) is 61.9 Å². The number of nitrogens with one attached hydrogen (secondary N) is 1. The molecule has 3 rings (SSSR count). The molecule has 0 spiro atoms. The molecule has 0 radical (unpaired) electrons. The Balaban J connectivity index is 1.70. The van der Waals surface area contributed by atoms with Crippen LogP contribution in [0.15, 0.2) is 48.5 Å². The molecule has 2 aromatic rings. The van der Waals surface area contributed by atoms with Gasteiger partial charge in [-0.25, -0.2) is 9.69 Å². The van der Waals surface area contributed by atoms with Gasteiger partial charge < -0.3 is 10.1 Å². The van der Waals surface area contributed by atoms with E-state index in [9.17, 15) is 9.59 Å². The number of nitrogens with zero attached hydrogens (tertiary/aromatic N) is 2. The Hall–Kier alpha value is -2.86. The normalized spacial score (nSPS) is 19.4. The highest BCUT2D eigenvalue weighted by atomic mass is 16.5. The minimum absolute atomic E-state index is 0.106. The molecule has 1 atom stereocenters. The molecule has 2 aromatic carbocycles. The number of hydrogen-bond acceptors (Lipinski definition) is 4. The van der Waals surface area contributed by atoms with Crippen molar-refractivity contribution in [2.45, 2.75) is 45.2 Å². The summed E-state index contributed by atoms with van der Waals surface area (Å²) in [5.74, 6) is 0.376. The van der Waals surface area contributed by atoms with Crippen molar-refractivity contribution >= 4 is 11.9 Å². The van der Waals surface area contributed by atoms with E-state index in [1.807, 2.05) is 30.1 Å². The fourth-order valence-corrected chi connectivity index (χ4v) is 3.67. The van der Waals surface area contributed by atoms with Crippen LogP contribution in [-0.2, 0) is 22.3 Å². The number of hydrogen-bond donors (Lipinski definition) is 1. The lowest BCUT2D eigenvalue weighted by Crippen LogP contribution is -2.42. The van der Waals surface area contributed by atoms with Crippen LogP contribution in [0.4, 0.5) is 4.79 Å². The maximum Gasteiger partial charge on any atom is 0.326 e. The molecule has 1 aliphatic rings. The number of benzene rings is 2. The summed E-state index contributed by atoms with van der Waals surface area (Å²) in [6.45, 7) is 9.14. The van der Waals surface area contributed by atoms with Crippen LogP contribution in [0.3, 0.4) is 0 Å². The van der Waals surface area contributed by atoms with Crippen LogP contribution in [-0.4, -0.2) is 42.6 Å². The van der Waals surface area contributed by atoms with Crippen LogP contribution >= 0.6 is 0 Å². The van der Waals surface area contributed by atoms with Gasteiger partial charge in [0.1, 0.15) is 11.3 Å². The van der Waals surface area contributed by atoms with Gasteiger partial charge in [-0.2, -0.15) is 0 Å². The fourth-order valence-electron chi connectivity index (χ4n) is 3.67. The summed E-state index contributed by atoms with van der Waals surface area (Å²) in [7, 11) is 3.48. The summed E-state index contributed by atoms with van der Waals surface area (Å²) in [6.07, 6.45) is 0. The number of methoxy groups -OCH3 is 1. The summed E-state index contributed by atoms with van der Waals surface area (Å²) in [4.78, 5) is 29.0. The molecule has 1 saturated heterocycles. The van der Waals surface area contributed by atoms with E-state index in [0.29, 0.717) is 17.9 Å². The lowest BCUT2D eigenvalue weighted by atomic mass is 9.87. The summed E-state index contributed by atoms with van der Waals surface area (Å²) < 4.78 is 5.26. The van der Waals surface area contributed by atoms with Crippen molar-refractivity contribution in [2.24, 2.45) is 0 Å². The average molecular weight is 410 g/mol. The largest absolute Gasteiger partial charge is 0.497 e. The number of urea groups is 1. The SMILES string of the molecule is COc1cccc([C@@]2(C)NC(=O)N(CN(C)Cc3ccc(C(C)(C)C)cc3)C2=O)c1. The molecule has 160 valence electrons. The molecule has 1 fully saturated rings. The van der Waals surface area contributed by atoms with Gasteiger partial charge >= 0.3 is 6.03 Å². The van der Waals surface area contributed by atoms with Crippen molar-refractivity contribution in [1.29, 1.82) is 0 Å². The molecular formula is C24H31N3O3. The summed E-state index contributed by atoms with van der Waals surface area (Å²) >= 11 is 0. The Morgan fingerprint density at radius 2 is 1.77 bits per heavy atom. The number of carbonyl (C=O) groups is 2. The van der Waals surface area contributed by atoms with Crippen molar-refractivity contribution < 1.29 is 14.3 Å². The monoisotopic (exact) mass is 409 g/mol. The van der Waals surface area contributed by atoms with E-state index in [0.717, 1.165) is 5.56 Å². The first-order valence-corrected chi connectivity index (χ1v) is 10.1. The quantitative estimate of drug-likeness (QED) is 0.736. The fraction of sp³-hybridized carbons (Fsp3) is 0.417. The Kier molecular flexibility index (Phi) is 5.90. The van der Waals surface area contributed by atoms with Gasteiger partial charge in [-0.1, -0.05) is 57.2 Å².